The topological polar surface area (TPSA) is 94.6 Å². The third-order valence-corrected chi connectivity index (χ3v) is 10.7. The van der Waals surface area contributed by atoms with Gasteiger partial charge in [0.2, 0.25) is 0 Å². The van der Waals surface area contributed by atoms with Crippen LogP contribution in [-0.2, 0) is 19.1 Å². The number of hydrogen-bond acceptors (Lipinski definition) is 6. The van der Waals surface area contributed by atoms with Crippen LogP contribution < -0.4 is 0 Å². The lowest BCUT2D eigenvalue weighted by Gasteiger charge is -2.70. The van der Waals surface area contributed by atoms with Crippen LogP contribution in [0.1, 0.15) is 81.5 Å². The molecule has 4 aliphatic rings. The van der Waals surface area contributed by atoms with Gasteiger partial charge in [-0.3, -0.25) is 19.2 Å². The van der Waals surface area contributed by atoms with Gasteiger partial charge in [-0.1, -0.05) is 83.4 Å². The van der Waals surface area contributed by atoms with Crippen LogP contribution in [0, 0.1) is 27.6 Å². The number of carbonyl (C=O) groups is 5. The van der Waals surface area contributed by atoms with E-state index in [1.807, 2.05) is 53.7 Å². The Morgan fingerprint density at radius 3 is 1.98 bits per heavy atom. The first-order valence-corrected chi connectivity index (χ1v) is 15.4. The Labute approximate surface area is 261 Å². The molecule has 0 aromatic heterocycles. The van der Waals surface area contributed by atoms with Gasteiger partial charge in [-0.2, -0.15) is 0 Å². The summed E-state index contributed by atoms with van der Waals surface area (Å²) in [7, 11) is 0. The molecule has 0 unspecified atom stereocenters. The Hall–Kier alpha value is -3.45. The maximum Gasteiger partial charge on any atom is 0.338 e. The lowest BCUT2D eigenvalue weighted by Crippen LogP contribution is -2.85. The van der Waals surface area contributed by atoms with E-state index in [0.717, 1.165) is 15.6 Å². The monoisotopic (exact) mass is 644 g/mol. The molecule has 7 heteroatoms. The smallest absolute Gasteiger partial charge is 0.338 e. The molecule has 2 aromatic carbocycles. The Morgan fingerprint density at radius 2 is 1.40 bits per heavy atom. The number of rotatable bonds is 8. The van der Waals surface area contributed by atoms with Crippen LogP contribution >= 0.6 is 15.9 Å². The van der Waals surface area contributed by atoms with E-state index in [-0.39, 0.29) is 30.4 Å². The van der Waals surface area contributed by atoms with Crippen LogP contribution in [0.3, 0.4) is 0 Å². The molecule has 6 nitrogen and oxygen atoms in total. The summed E-state index contributed by atoms with van der Waals surface area (Å²) in [5, 5.41) is 0. The van der Waals surface area contributed by atoms with Crippen molar-refractivity contribution in [2.45, 2.75) is 66.9 Å². The maximum absolute atomic E-state index is 15.2. The molecule has 0 saturated heterocycles. The molecule has 4 fully saturated rings. The maximum atomic E-state index is 15.2. The van der Waals surface area contributed by atoms with Gasteiger partial charge in [-0.15, -0.1) is 0 Å². The van der Waals surface area contributed by atoms with E-state index in [4.69, 9.17) is 4.74 Å². The summed E-state index contributed by atoms with van der Waals surface area (Å²) >= 11 is 3.37. The molecule has 4 bridgehead atoms. The molecule has 224 valence electrons. The summed E-state index contributed by atoms with van der Waals surface area (Å²) in [6.45, 7) is 11.3. The molecule has 0 N–H and O–H groups in total. The fraction of sp³-hybridized carbons (Fsp3) is 0.417. The van der Waals surface area contributed by atoms with Gasteiger partial charge < -0.3 is 4.74 Å². The molecule has 6 rings (SSSR count). The van der Waals surface area contributed by atoms with Crippen LogP contribution in [0.2, 0.25) is 0 Å². The molecule has 0 heterocycles. The average Bonchev–Trinajstić information content (AvgIpc) is 2.96. The Bertz CT molecular complexity index is 1590. The van der Waals surface area contributed by atoms with Crippen molar-refractivity contribution in [1.82, 2.24) is 0 Å². The van der Waals surface area contributed by atoms with E-state index in [0.29, 0.717) is 0 Å². The van der Waals surface area contributed by atoms with E-state index < -0.39 is 62.8 Å². The first-order valence-electron chi connectivity index (χ1n) is 14.7. The second kappa shape index (κ2) is 10.6. The van der Waals surface area contributed by atoms with Gasteiger partial charge in [0, 0.05) is 16.0 Å². The fourth-order valence-corrected chi connectivity index (χ4v) is 8.00. The Morgan fingerprint density at radius 1 is 0.814 bits per heavy atom. The van der Waals surface area contributed by atoms with Gasteiger partial charge in [0.1, 0.15) is 6.10 Å². The number of esters is 1. The molecule has 2 aromatic rings. The zero-order valence-corrected chi connectivity index (χ0v) is 27.0. The second-order valence-corrected chi connectivity index (χ2v) is 14.2. The van der Waals surface area contributed by atoms with E-state index in [1.165, 1.54) is 0 Å². The predicted molar refractivity (Wildman–Crippen MR) is 166 cm³/mol. The van der Waals surface area contributed by atoms with Crippen molar-refractivity contribution >= 4 is 45.0 Å². The lowest BCUT2D eigenvalue weighted by molar-refractivity contribution is -0.223. The minimum atomic E-state index is -2.36. The number of hydrogen-bond donors (Lipinski definition) is 0. The van der Waals surface area contributed by atoms with Crippen LogP contribution in [0.4, 0.5) is 0 Å². The summed E-state index contributed by atoms with van der Waals surface area (Å²) in [4.78, 5) is 73.6. The SMILES string of the molecule is CC(C)=CC[C@@]12C[C@H]3[C@@H](OC(=O)c4ccc(Br)cc4)[C@@](C(=O)c4ccccc4)(C1=O)C(=O)[C@@](CC=C(C)C)(C2=O)C3(C)C. The van der Waals surface area contributed by atoms with Gasteiger partial charge in [-0.05, 0) is 76.6 Å². The fourth-order valence-electron chi connectivity index (χ4n) is 7.74. The quantitative estimate of drug-likeness (QED) is 0.129. The largest absolute Gasteiger partial charge is 0.456 e. The Kier molecular flexibility index (Phi) is 7.65. The van der Waals surface area contributed by atoms with Crippen LogP contribution in [-0.4, -0.2) is 35.2 Å². The molecule has 43 heavy (non-hydrogen) atoms. The molecule has 4 aliphatic carbocycles. The second-order valence-electron chi connectivity index (χ2n) is 13.3. The number of carbonyl (C=O) groups excluding carboxylic acids is 5. The van der Waals surface area contributed by atoms with Gasteiger partial charge in [0.25, 0.3) is 0 Å². The van der Waals surface area contributed by atoms with Crippen LogP contribution in [0.5, 0.6) is 0 Å². The van der Waals surface area contributed by atoms with Crippen LogP contribution in [0.15, 0.2) is 82.4 Å². The van der Waals surface area contributed by atoms with Crippen molar-refractivity contribution in [3.63, 3.8) is 0 Å². The molecular weight excluding hydrogens is 608 g/mol. The third kappa shape index (κ3) is 4.21. The molecular formula is C36H37BrO6. The van der Waals surface area contributed by atoms with E-state index in [9.17, 15) is 14.4 Å². The van der Waals surface area contributed by atoms with Crippen LogP contribution in [0.25, 0.3) is 0 Å². The van der Waals surface area contributed by atoms with Gasteiger partial charge in [0.05, 0.1) is 16.4 Å². The molecule has 4 saturated carbocycles. The standard InChI is InChI=1S/C36H37BrO6/c1-21(2)16-18-34-20-26-28(43-29(39)24-12-14-25(37)15-13-24)36(31(34)41,27(38)23-10-8-7-9-11-23)32(42)35(30(34)40,33(26,5)6)19-17-22(3)4/h7-17,26,28H,18-20H2,1-6H3/t26-,28+,34-,35+,36-/m0/s1. The molecule has 0 aliphatic heterocycles. The van der Waals surface area contributed by atoms with Gasteiger partial charge in [0.15, 0.2) is 28.5 Å². The van der Waals surface area contributed by atoms with Crippen molar-refractivity contribution in [2.24, 2.45) is 27.6 Å². The number of halogens is 1. The lowest BCUT2D eigenvalue weighted by atomic mass is 9.28. The predicted octanol–water partition coefficient (Wildman–Crippen LogP) is 7.31. The minimum Gasteiger partial charge on any atom is -0.456 e. The number of Topliss-reactive ketones (excluding diaryl/α,β-unsaturated/α-hetero) is 4. The molecule has 0 amide bonds. The normalized spacial score (nSPS) is 30.2. The van der Waals surface area contributed by atoms with E-state index in [2.05, 4.69) is 15.9 Å². The summed E-state index contributed by atoms with van der Waals surface area (Å²) in [5.41, 5.74) is -4.40. The minimum absolute atomic E-state index is 0.0670. The highest BCUT2D eigenvalue weighted by Crippen LogP contribution is 2.73. The highest BCUT2D eigenvalue weighted by Gasteiger charge is 2.87. The summed E-state index contributed by atoms with van der Waals surface area (Å²) < 4.78 is 6.96. The molecule has 0 spiro atoms. The van der Waals surface area contributed by atoms with Crippen molar-refractivity contribution in [1.29, 1.82) is 0 Å². The Balaban J connectivity index is 1.82. The first-order chi connectivity index (χ1) is 20.2. The highest BCUT2D eigenvalue weighted by molar-refractivity contribution is 9.10. The number of ketones is 4. The van der Waals surface area contributed by atoms with Crippen molar-refractivity contribution < 1.29 is 28.7 Å². The van der Waals surface area contributed by atoms with Gasteiger partial charge in [-0.25, -0.2) is 4.79 Å². The number of allylic oxidation sites excluding steroid dienone is 4. The molecule has 5 atom stereocenters. The van der Waals surface area contributed by atoms with Crippen molar-refractivity contribution in [3.8, 4) is 0 Å². The van der Waals surface area contributed by atoms with Crippen molar-refractivity contribution in [2.75, 3.05) is 0 Å². The summed E-state index contributed by atoms with van der Waals surface area (Å²) in [6, 6.07) is 14.8. The van der Waals surface area contributed by atoms with Gasteiger partial charge >= 0.3 is 5.97 Å². The average molecular weight is 646 g/mol. The third-order valence-electron chi connectivity index (χ3n) is 10.1. The zero-order valence-electron chi connectivity index (χ0n) is 25.5. The van der Waals surface area contributed by atoms with E-state index in [1.54, 1.807) is 54.6 Å². The van der Waals surface area contributed by atoms with Crippen molar-refractivity contribution in [3.05, 3.63) is 93.5 Å². The summed E-state index contributed by atoms with van der Waals surface area (Å²) in [6.07, 6.45) is 2.57. The first kappa shape index (κ1) is 31.0. The highest BCUT2D eigenvalue weighted by atomic mass is 79.9. The van der Waals surface area contributed by atoms with E-state index >= 15 is 9.59 Å². The zero-order chi connectivity index (χ0) is 31.5. The summed E-state index contributed by atoms with van der Waals surface area (Å²) in [5.74, 6) is -3.97. The molecule has 0 radical (unpaired) electrons. The number of benzene rings is 2. The number of ether oxygens (including phenoxy) is 1.